The third-order valence-corrected chi connectivity index (χ3v) is 1.96. The Morgan fingerprint density at radius 3 is 2.40 bits per heavy atom. The van der Waals surface area contributed by atoms with Gasteiger partial charge in [0.15, 0.2) is 0 Å². The Kier molecular flexibility index (Phi) is 10.7. The molecule has 0 aliphatic carbocycles. The molecule has 6 heteroatoms. The van der Waals surface area contributed by atoms with Crippen molar-refractivity contribution in [2.45, 2.75) is 0 Å². The number of nitrogens with zero attached hydrogens (tertiary/aromatic N) is 1. The van der Waals surface area contributed by atoms with Crippen molar-refractivity contribution in [3.8, 4) is 5.75 Å². The van der Waals surface area contributed by atoms with Crippen LogP contribution in [0.15, 0.2) is 12.7 Å². The van der Waals surface area contributed by atoms with E-state index >= 15 is 0 Å². The van der Waals surface area contributed by atoms with Gasteiger partial charge in [-0.2, -0.15) is 0 Å². The standard InChI is InChI=1S/C5H11NO2P.C4H6O2/c1-6(2,3-4-7)5-9-8;1-3-4(5)6-2/h7H,3-4H2,1-2H3;3H,1H2,2H3/q+1;. The summed E-state index contributed by atoms with van der Waals surface area (Å²) in [4.78, 5) is 9.84. The zero-order valence-electron chi connectivity index (χ0n) is 9.27. The minimum atomic E-state index is -0.394. The zero-order chi connectivity index (χ0) is 12.3. The predicted octanol–water partition coefficient (Wildman–Crippen LogP) is 0.609. The number of likely N-dealkylation sites (N-methyl/N-ethyl adjacent to an activating group) is 1. The van der Waals surface area contributed by atoms with Crippen LogP contribution in [0.5, 0.6) is 0 Å². The van der Waals surface area contributed by atoms with Crippen LogP contribution in [0.25, 0.3) is 0 Å². The van der Waals surface area contributed by atoms with Crippen molar-refractivity contribution in [1.82, 2.24) is 0 Å². The third-order valence-electron chi connectivity index (χ3n) is 1.34. The molecule has 0 radical (unpaired) electrons. The molecule has 0 fully saturated rings. The van der Waals surface area contributed by atoms with E-state index in [0.717, 1.165) is 6.08 Å². The fourth-order valence-corrected chi connectivity index (χ4v) is 0.815. The van der Waals surface area contributed by atoms with Crippen LogP contribution in [0.1, 0.15) is 0 Å². The number of quaternary nitrogens is 1. The van der Waals surface area contributed by atoms with Crippen LogP contribution in [0.4, 0.5) is 0 Å². The van der Waals surface area contributed by atoms with E-state index in [4.69, 9.17) is 5.11 Å². The quantitative estimate of drug-likeness (QED) is 0.336. The first-order valence-corrected chi connectivity index (χ1v) is 4.98. The van der Waals surface area contributed by atoms with Crippen LogP contribution < -0.4 is 0 Å². The monoisotopic (exact) mass is 234 g/mol. The van der Waals surface area contributed by atoms with Crippen LogP contribution in [0.3, 0.4) is 0 Å². The van der Waals surface area contributed by atoms with Gasteiger partial charge in [0.05, 0.1) is 7.11 Å². The zero-order valence-corrected chi connectivity index (χ0v) is 10.2. The Hall–Kier alpha value is -0.860. The van der Waals surface area contributed by atoms with Gasteiger partial charge < -0.3 is 4.74 Å². The maximum atomic E-state index is 9.98. The number of rotatable bonds is 3. The van der Waals surface area contributed by atoms with E-state index in [1.807, 2.05) is 14.1 Å². The molecule has 0 unspecified atom stereocenters. The van der Waals surface area contributed by atoms with Crippen LogP contribution >= 0.6 is 7.92 Å². The summed E-state index contributed by atoms with van der Waals surface area (Å²) in [6.07, 6.45) is 1.11. The van der Waals surface area contributed by atoms with Crippen molar-refractivity contribution in [2.24, 2.45) is 0 Å². The molecule has 1 N–H and O–H groups in total. The average Bonchev–Trinajstić information content (AvgIpc) is 2.17. The first-order valence-electron chi connectivity index (χ1n) is 4.17. The summed E-state index contributed by atoms with van der Waals surface area (Å²) >= 11 is 0. The molecule has 0 atom stereocenters. The normalized spacial score (nSPS) is 9.07. The van der Waals surface area contributed by atoms with Crippen LogP contribution in [-0.4, -0.2) is 49.9 Å². The second-order valence-electron chi connectivity index (χ2n) is 3.05. The van der Waals surface area contributed by atoms with E-state index < -0.39 is 5.97 Å². The Morgan fingerprint density at radius 1 is 1.67 bits per heavy atom. The summed E-state index contributed by atoms with van der Waals surface area (Å²) in [6, 6.07) is 0. The van der Waals surface area contributed by atoms with E-state index in [-0.39, 0.29) is 14.5 Å². The van der Waals surface area contributed by atoms with Crippen molar-refractivity contribution in [3.63, 3.8) is 0 Å². The fourth-order valence-electron chi connectivity index (χ4n) is 0.494. The van der Waals surface area contributed by atoms with Crippen molar-refractivity contribution >= 4 is 13.9 Å². The van der Waals surface area contributed by atoms with Crippen molar-refractivity contribution < 1.29 is 23.7 Å². The van der Waals surface area contributed by atoms with Gasteiger partial charge in [0, 0.05) is 6.08 Å². The second-order valence-corrected chi connectivity index (χ2v) is 3.43. The molecule has 86 valence electrons. The number of hydrogen-bond acceptors (Lipinski definition) is 4. The molecule has 0 aromatic carbocycles. The van der Waals surface area contributed by atoms with Crippen LogP contribution in [0.2, 0.25) is 0 Å². The summed E-state index contributed by atoms with van der Waals surface area (Å²) in [5, 5.41) is 8.47. The number of hydrogen-bond donors (Lipinski definition) is 1. The Bertz CT molecular complexity index is 294. The maximum absolute atomic E-state index is 9.98. The molecular formula is C9H17NO4P+. The Morgan fingerprint density at radius 2 is 2.20 bits per heavy atom. The second kappa shape index (κ2) is 9.69. The van der Waals surface area contributed by atoms with Gasteiger partial charge in [0.1, 0.15) is 0 Å². The molecule has 0 amide bonds. The van der Waals surface area contributed by atoms with Crippen LogP contribution in [0, 0.1) is 5.75 Å². The van der Waals surface area contributed by atoms with Gasteiger partial charge in [-0.1, -0.05) is 6.58 Å². The number of ether oxygens (including phenoxy) is 1. The first-order chi connectivity index (χ1) is 6.93. The summed E-state index contributed by atoms with van der Waals surface area (Å²) in [6.45, 7) is 3.80. The fraction of sp³-hybridized carbons (Fsp3) is 0.556. The van der Waals surface area contributed by atoms with Gasteiger partial charge in [0.2, 0.25) is 0 Å². The van der Waals surface area contributed by atoms with E-state index in [0.29, 0.717) is 11.0 Å². The van der Waals surface area contributed by atoms with E-state index in [1.165, 1.54) is 7.11 Å². The number of aliphatic hydroxyl groups is 1. The molecule has 0 spiro atoms. The number of carbonyl (C=O) groups excluding carboxylic acids is 1. The molecule has 0 aliphatic heterocycles. The molecule has 0 rings (SSSR count). The molecular weight excluding hydrogens is 217 g/mol. The summed E-state index contributed by atoms with van der Waals surface area (Å²) < 4.78 is 14.5. The van der Waals surface area contributed by atoms with E-state index in [9.17, 15) is 9.36 Å². The van der Waals surface area contributed by atoms with E-state index in [1.54, 1.807) is 0 Å². The number of methoxy groups -OCH3 is 1. The predicted molar refractivity (Wildman–Crippen MR) is 57.8 cm³/mol. The summed E-state index contributed by atoms with van der Waals surface area (Å²) in [5.74, 6) is 2.22. The van der Waals surface area contributed by atoms with Crippen molar-refractivity contribution in [2.75, 3.05) is 34.4 Å². The molecule has 15 heavy (non-hydrogen) atoms. The summed E-state index contributed by atoms with van der Waals surface area (Å²) in [7, 11) is 4.85. The van der Waals surface area contributed by atoms with Crippen molar-refractivity contribution in [1.29, 1.82) is 0 Å². The molecule has 0 aromatic heterocycles. The van der Waals surface area contributed by atoms with Crippen molar-refractivity contribution in [3.05, 3.63) is 12.7 Å². The molecule has 0 aliphatic rings. The SMILES string of the molecule is C=CC(=O)OC.C[N+](C)(C#P=O)CCO. The molecule has 0 aromatic rings. The molecule has 0 saturated heterocycles. The molecule has 5 nitrogen and oxygen atoms in total. The molecule has 0 bridgehead atoms. The van der Waals surface area contributed by atoms with Gasteiger partial charge in [-0.3, -0.25) is 0 Å². The van der Waals surface area contributed by atoms with Gasteiger partial charge >= 0.3 is 61.0 Å². The topological polar surface area (TPSA) is 63.6 Å². The average molecular weight is 234 g/mol. The van der Waals surface area contributed by atoms with Gasteiger partial charge in [-0.25, -0.2) is 4.79 Å². The Balaban J connectivity index is 0. The molecule has 0 saturated carbocycles. The van der Waals surface area contributed by atoms with Gasteiger partial charge in [-0.05, 0) is 0 Å². The third kappa shape index (κ3) is 13.1. The Labute approximate surface area is 91.1 Å². The number of aliphatic hydroxyl groups excluding tert-OH is 1. The first kappa shape index (κ1) is 16.6. The van der Waals surface area contributed by atoms with Gasteiger partial charge in [-0.15, -0.1) is 0 Å². The van der Waals surface area contributed by atoms with E-state index in [2.05, 4.69) is 17.1 Å². The number of carbonyl (C=O) groups is 1. The summed E-state index contributed by atoms with van der Waals surface area (Å²) in [5.41, 5.74) is 0. The van der Waals surface area contributed by atoms with Crippen LogP contribution in [-0.2, 0) is 14.1 Å². The van der Waals surface area contributed by atoms with Gasteiger partial charge in [0.25, 0.3) is 0 Å². The molecule has 0 heterocycles. The number of esters is 1. The minimum absolute atomic E-state index is 0.0928.